The lowest BCUT2D eigenvalue weighted by atomic mass is 10.1. The van der Waals surface area contributed by atoms with Gasteiger partial charge in [-0.2, -0.15) is 5.10 Å². The van der Waals surface area contributed by atoms with Crippen molar-refractivity contribution in [3.8, 4) is 0 Å². The number of carbonyl (C=O) groups excluding carboxylic acids is 1. The summed E-state index contributed by atoms with van der Waals surface area (Å²) in [6, 6.07) is 10.5. The molecule has 140 valence electrons. The number of aromatic nitrogens is 2. The topological polar surface area (TPSA) is 59.4 Å². The van der Waals surface area contributed by atoms with Crippen molar-refractivity contribution in [3.63, 3.8) is 0 Å². The van der Waals surface area contributed by atoms with Crippen LogP contribution in [0.5, 0.6) is 0 Å². The highest BCUT2D eigenvalue weighted by molar-refractivity contribution is 5.95. The number of ether oxygens (including phenoxy) is 1. The first-order chi connectivity index (χ1) is 12.7. The lowest BCUT2D eigenvalue weighted by Crippen LogP contribution is -2.47. The second kappa shape index (κ2) is 8.96. The molecule has 2 aromatic rings. The van der Waals surface area contributed by atoms with Crippen LogP contribution in [0.2, 0.25) is 0 Å². The minimum absolute atomic E-state index is 0.0405. The normalized spacial score (nSPS) is 16.4. The van der Waals surface area contributed by atoms with Gasteiger partial charge in [-0.1, -0.05) is 37.3 Å². The van der Waals surface area contributed by atoms with E-state index in [0.717, 1.165) is 38.4 Å². The summed E-state index contributed by atoms with van der Waals surface area (Å²) in [5.41, 5.74) is 2.83. The highest BCUT2D eigenvalue weighted by atomic mass is 16.5. The van der Waals surface area contributed by atoms with Crippen LogP contribution in [-0.2, 0) is 17.7 Å². The van der Waals surface area contributed by atoms with Crippen LogP contribution in [0.4, 0.5) is 0 Å². The number of hydrogen-bond acceptors (Lipinski definition) is 4. The molecule has 0 bridgehead atoms. The maximum atomic E-state index is 12.7. The molecule has 1 aromatic heterocycles. The van der Waals surface area contributed by atoms with Crippen LogP contribution in [0, 0.1) is 0 Å². The summed E-state index contributed by atoms with van der Waals surface area (Å²) in [7, 11) is 0. The lowest BCUT2D eigenvalue weighted by Gasteiger charge is -2.32. The summed E-state index contributed by atoms with van der Waals surface area (Å²) in [6.07, 6.45) is 2.46. The van der Waals surface area contributed by atoms with Gasteiger partial charge in [0.15, 0.2) is 0 Å². The number of amides is 1. The Morgan fingerprint density at radius 1 is 1.27 bits per heavy atom. The van der Waals surface area contributed by atoms with E-state index in [1.165, 1.54) is 5.56 Å². The standard InChI is InChI=1S/C20H28N4O2/c1-3-19-18(14-22-24(19)15-17-7-5-4-6-8-17)20(25)21-13-16(2)23-9-11-26-12-10-23/h4-8,14,16H,3,9-13,15H2,1-2H3,(H,21,25). The molecule has 1 aromatic carbocycles. The van der Waals surface area contributed by atoms with Gasteiger partial charge in [0.25, 0.3) is 5.91 Å². The molecule has 0 aliphatic carbocycles. The van der Waals surface area contributed by atoms with Crippen molar-refractivity contribution in [1.29, 1.82) is 0 Å². The molecule has 6 nitrogen and oxygen atoms in total. The van der Waals surface area contributed by atoms with Gasteiger partial charge in [-0.15, -0.1) is 0 Å². The van der Waals surface area contributed by atoms with E-state index >= 15 is 0 Å². The Labute approximate surface area is 155 Å². The third-order valence-corrected chi connectivity index (χ3v) is 4.93. The third-order valence-electron chi connectivity index (χ3n) is 4.93. The summed E-state index contributed by atoms with van der Waals surface area (Å²) < 4.78 is 7.31. The quantitative estimate of drug-likeness (QED) is 0.824. The predicted octanol–water partition coefficient (Wildman–Crippen LogP) is 1.94. The molecule has 1 unspecified atom stereocenters. The summed E-state index contributed by atoms with van der Waals surface area (Å²) in [6.45, 7) is 8.90. The van der Waals surface area contributed by atoms with Gasteiger partial charge in [0, 0.05) is 25.7 Å². The molecular formula is C20H28N4O2. The van der Waals surface area contributed by atoms with Crippen LogP contribution in [0.25, 0.3) is 0 Å². The number of nitrogens with zero attached hydrogens (tertiary/aromatic N) is 3. The van der Waals surface area contributed by atoms with Gasteiger partial charge >= 0.3 is 0 Å². The zero-order valence-corrected chi connectivity index (χ0v) is 15.6. The van der Waals surface area contributed by atoms with Gasteiger partial charge in [0.1, 0.15) is 0 Å². The second-order valence-electron chi connectivity index (χ2n) is 6.71. The van der Waals surface area contributed by atoms with Gasteiger partial charge < -0.3 is 10.1 Å². The number of morpholine rings is 1. The fourth-order valence-corrected chi connectivity index (χ4v) is 3.35. The monoisotopic (exact) mass is 356 g/mol. The Morgan fingerprint density at radius 2 is 2.00 bits per heavy atom. The van der Waals surface area contributed by atoms with E-state index in [1.807, 2.05) is 22.9 Å². The molecule has 1 atom stereocenters. The SMILES string of the molecule is CCc1c(C(=O)NCC(C)N2CCOCC2)cnn1Cc1ccccc1. The average Bonchev–Trinajstić information content (AvgIpc) is 3.10. The molecule has 1 fully saturated rings. The summed E-state index contributed by atoms with van der Waals surface area (Å²) in [5.74, 6) is -0.0405. The van der Waals surface area contributed by atoms with E-state index in [2.05, 4.69) is 41.3 Å². The average molecular weight is 356 g/mol. The summed E-state index contributed by atoms with van der Waals surface area (Å²) in [5, 5.41) is 7.52. The van der Waals surface area contributed by atoms with Gasteiger partial charge in [0.2, 0.25) is 0 Å². The van der Waals surface area contributed by atoms with Gasteiger partial charge in [-0.3, -0.25) is 14.4 Å². The van der Waals surface area contributed by atoms with Crippen LogP contribution < -0.4 is 5.32 Å². The van der Waals surface area contributed by atoms with Crippen LogP contribution in [0.1, 0.15) is 35.5 Å². The predicted molar refractivity (Wildman–Crippen MR) is 101 cm³/mol. The first-order valence-electron chi connectivity index (χ1n) is 9.37. The van der Waals surface area contributed by atoms with Crippen LogP contribution in [0.15, 0.2) is 36.5 Å². The van der Waals surface area contributed by atoms with Crippen molar-refractivity contribution in [3.05, 3.63) is 53.3 Å². The zero-order valence-electron chi connectivity index (χ0n) is 15.6. The molecular weight excluding hydrogens is 328 g/mol. The number of rotatable bonds is 7. The maximum absolute atomic E-state index is 12.7. The Hall–Kier alpha value is -2.18. The van der Waals surface area contributed by atoms with Crippen molar-refractivity contribution in [2.24, 2.45) is 0 Å². The van der Waals surface area contributed by atoms with Crippen LogP contribution >= 0.6 is 0 Å². The van der Waals surface area contributed by atoms with Crippen molar-refractivity contribution < 1.29 is 9.53 Å². The van der Waals surface area contributed by atoms with Crippen LogP contribution in [0.3, 0.4) is 0 Å². The third kappa shape index (κ3) is 4.51. The molecule has 0 saturated carbocycles. The second-order valence-corrected chi connectivity index (χ2v) is 6.71. The van der Waals surface area contributed by atoms with E-state index in [1.54, 1.807) is 6.20 Å². The Morgan fingerprint density at radius 3 is 2.69 bits per heavy atom. The molecule has 1 saturated heterocycles. The molecule has 3 rings (SSSR count). The largest absolute Gasteiger partial charge is 0.379 e. The Kier molecular flexibility index (Phi) is 6.41. The minimum atomic E-state index is -0.0405. The molecule has 0 radical (unpaired) electrons. The van der Waals surface area contributed by atoms with Crippen molar-refractivity contribution >= 4 is 5.91 Å². The first kappa shape index (κ1) is 18.6. The fourth-order valence-electron chi connectivity index (χ4n) is 3.35. The van der Waals surface area contributed by atoms with Gasteiger partial charge in [-0.25, -0.2) is 0 Å². The lowest BCUT2D eigenvalue weighted by molar-refractivity contribution is 0.0204. The first-order valence-corrected chi connectivity index (χ1v) is 9.37. The van der Waals surface area contributed by atoms with Crippen molar-refractivity contribution in [1.82, 2.24) is 20.0 Å². The fraction of sp³-hybridized carbons (Fsp3) is 0.500. The molecule has 26 heavy (non-hydrogen) atoms. The van der Waals surface area contributed by atoms with E-state index in [9.17, 15) is 4.79 Å². The van der Waals surface area contributed by atoms with Crippen LogP contribution in [-0.4, -0.2) is 59.5 Å². The van der Waals surface area contributed by atoms with E-state index < -0.39 is 0 Å². The number of nitrogens with one attached hydrogen (secondary N) is 1. The highest BCUT2D eigenvalue weighted by Crippen LogP contribution is 2.13. The van der Waals surface area contributed by atoms with E-state index in [4.69, 9.17) is 4.74 Å². The van der Waals surface area contributed by atoms with E-state index in [-0.39, 0.29) is 5.91 Å². The van der Waals surface area contributed by atoms with Gasteiger partial charge in [-0.05, 0) is 18.9 Å². The number of carbonyl (C=O) groups is 1. The summed E-state index contributed by atoms with van der Waals surface area (Å²) in [4.78, 5) is 15.0. The zero-order chi connectivity index (χ0) is 18.4. The smallest absolute Gasteiger partial charge is 0.254 e. The molecule has 1 aliphatic heterocycles. The maximum Gasteiger partial charge on any atom is 0.254 e. The molecule has 1 N–H and O–H groups in total. The molecule has 2 heterocycles. The van der Waals surface area contributed by atoms with Crippen molar-refractivity contribution in [2.45, 2.75) is 32.9 Å². The molecule has 6 heteroatoms. The molecule has 0 spiro atoms. The van der Waals surface area contributed by atoms with Gasteiger partial charge in [0.05, 0.1) is 37.2 Å². The van der Waals surface area contributed by atoms with E-state index in [0.29, 0.717) is 24.7 Å². The highest BCUT2D eigenvalue weighted by Gasteiger charge is 2.20. The number of benzene rings is 1. The Bertz CT molecular complexity index is 708. The molecule has 1 aliphatic rings. The summed E-state index contributed by atoms with van der Waals surface area (Å²) >= 11 is 0. The minimum Gasteiger partial charge on any atom is -0.379 e. The molecule has 1 amide bonds. The Balaban J connectivity index is 1.62. The van der Waals surface area contributed by atoms with Crippen molar-refractivity contribution in [2.75, 3.05) is 32.8 Å². The number of hydrogen-bond donors (Lipinski definition) is 1.